The molecule has 0 aliphatic carbocycles. The number of halogens is 1. The molecule has 27 heavy (non-hydrogen) atoms. The second-order valence-electron chi connectivity index (χ2n) is 6.90. The summed E-state index contributed by atoms with van der Waals surface area (Å²) in [5, 5.41) is 11.9. The number of anilines is 1. The van der Waals surface area contributed by atoms with Crippen LogP contribution >= 0.6 is 0 Å². The van der Waals surface area contributed by atoms with Crippen molar-refractivity contribution in [3.8, 4) is 5.75 Å². The predicted molar refractivity (Wildman–Crippen MR) is 103 cm³/mol. The van der Waals surface area contributed by atoms with E-state index >= 15 is 0 Å². The van der Waals surface area contributed by atoms with E-state index in [2.05, 4.69) is 39.2 Å². The van der Waals surface area contributed by atoms with Crippen LogP contribution in [0, 0.1) is 5.82 Å². The molecular weight excluding hydrogens is 345 g/mol. The number of hydrogen-bond acceptors (Lipinski definition) is 6. The Balaban J connectivity index is 1.52. The number of likely N-dealkylation sites (tertiary alicyclic amines) is 1. The van der Waals surface area contributed by atoms with Gasteiger partial charge in [-0.25, -0.2) is 9.37 Å². The Morgan fingerprint density at radius 2 is 1.89 bits per heavy atom. The van der Waals surface area contributed by atoms with E-state index in [9.17, 15) is 4.39 Å². The Labute approximate surface area is 160 Å². The smallest absolute Gasteiger partial charge is 0.243 e. The topological polar surface area (TPSA) is 63.2 Å². The fourth-order valence-corrected chi connectivity index (χ4v) is 3.48. The van der Waals surface area contributed by atoms with Crippen molar-refractivity contribution in [2.75, 3.05) is 25.5 Å². The van der Waals surface area contributed by atoms with Gasteiger partial charge in [0.15, 0.2) is 11.6 Å². The third-order valence-electron chi connectivity index (χ3n) is 5.05. The Morgan fingerprint density at radius 3 is 2.52 bits per heavy atom. The van der Waals surface area contributed by atoms with Crippen LogP contribution < -0.4 is 10.1 Å². The van der Waals surface area contributed by atoms with E-state index in [0.29, 0.717) is 12.0 Å². The maximum Gasteiger partial charge on any atom is 0.243 e. The second kappa shape index (κ2) is 9.08. The molecule has 1 aromatic heterocycles. The van der Waals surface area contributed by atoms with E-state index in [-0.39, 0.29) is 11.6 Å². The van der Waals surface area contributed by atoms with Crippen molar-refractivity contribution in [1.29, 1.82) is 0 Å². The first-order valence-corrected chi connectivity index (χ1v) is 9.66. The number of nitrogens with zero attached hydrogens (tertiary/aromatic N) is 4. The van der Waals surface area contributed by atoms with Crippen molar-refractivity contribution in [2.45, 2.75) is 52.1 Å². The fourth-order valence-electron chi connectivity index (χ4n) is 3.48. The summed E-state index contributed by atoms with van der Waals surface area (Å²) in [5.74, 6) is 0.606. The van der Waals surface area contributed by atoms with Crippen molar-refractivity contribution < 1.29 is 9.13 Å². The van der Waals surface area contributed by atoms with Crippen molar-refractivity contribution in [3.63, 3.8) is 0 Å². The molecule has 1 aromatic carbocycles. The molecule has 0 atom stereocenters. The van der Waals surface area contributed by atoms with Gasteiger partial charge in [0, 0.05) is 25.7 Å². The number of benzene rings is 1. The highest BCUT2D eigenvalue weighted by Gasteiger charge is 2.20. The third-order valence-corrected chi connectivity index (χ3v) is 5.05. The lowest BCUT2D eigenvalue weighted by Crippen LogP contribution is -2.39. The van der Waals surface area contributed by atoms with Gasteiger partial charge in [0.1, 0.15) is 0 Å². The summed E-state index contributed by atoms with van der Waals surface area (Å²) in [6.07, 6.45) is 3.72. The molecule has 0 amide bonds. The minimum Gasteiger partial charge on any atom is -0.494 e. The van der Waals surface area contributed by atoms with E-state index in [1.807, 2.05) is 6.07 Å². The summed E-state index contributed by atoms with van der Waals surface area (Å²) < 4.78 is 18.8. The van der Waals surface area contributed by atoms with Gasteiger partial charge in [0.05, 0.1) is 18.5 Å². The quantitative estimate of drug-likeness (QED) is 0.804. The largest absolute Gasteiger partial charge is 0.494 e. The van der Waals surface area contributed by atoms with E-state index in [1.165, 1.54) is 7.11 Å². The average molecular weight is 373 g/mol. The second-order valence-corrected chi connectivity index (χ2v) is 6.90. The number of nitrogens with one attached hydrogen (secondary N) is 1. The molecule has 0 unspecified atom stereocenters. The van der Waals surface area contributed by atoms with Crippen LogP contribution in [0.2, 0.25) is 0 Å². The number of rotatable bonds is 7. The molecule has 3 rings (SSSR count). The van der Waals surface area contributed by atoms with E-state index in [4.69, 9.17) is 4.74 Å². The zero-order chi connectivity index (χ0) is 19.2. The number of aryl methyl sites for hydroxylation is 2. The number of methoxy groups -OCH3 is 1. The Kier molecular flexibility index (Phi) is 6.55. The lowest BCUT2D eigenvalue weighted by Gasteiger charge is -2.32. The molecule has 7 heteroatoms. The zero-order valence-electron chi connectivity index (χ0n) is 16.3. The monoisotopic (exact) mass is 373 g/mol. The summed E-state index contributed by atoms with van der Waals surface area (Å²) in [6.45, 7) is 6.81. The van der Waals surface area contributed by atoms with Crippen molar-refractivity contribution in [1.82, 2.24) is 20.1 Å². The Morgan fingerprint density at radius 1 is 1.15 bits per heavy atom. The molecule has 0 spiro atoms. The molecule has 1 N–H and O–H groups in total. The molecule has 1 saturated heterocycles. The minimum absolute atomic E-state index is 0.288. The van der Waals surface area contributed by atoms with Gasteiger partial charge in [-0.3, -0.25) is 4.90 Å². The Bertz CT molecular complexity index is 762. The van der Waals surface area contributed by atoms with Gasteiger partial charge in [0.25, 0.3) is 0 Å². The first-order chi connectivity index (χ1) is 13.1. The summed E-state index contributed by atoms with van der Waals surface area (Å²) in [4.78, 5) is 6.96. The van der Waals surface area contributed by atoms with Gasteiger partial charge in [-0.05, 0) is 43.4 Å². The van der Waals surface area contributed by atoms with Gasteiger partial charge in [-0.15, -0.1) is 5.10 Å². The highest BCUT2D eigenvalue weighted by atomic mass is 19.1. The van der Waals surface area contributed by atoms with E-state index in [1.54, 1.807) is 12.1 Å². The number of aromatic nitrogens is 3. The highest BCUT2D eigenvalue weighted by molar-refractivity contribution is 5.30. The number of hydrogen-bond donors (Lipinski definition) is 1. The standard InChI is InChI=1S/C20H28FN5O/c1-4-17-18(5-2)24-25-20(23-17)22-15-8-10-26(11-9-15)13-14-6-7-19(27-3)16(21)12-14/h6-7,12,15H,4-5,8-11,13H2,1-3H3,(H,22,23,25). The zero-order valence-corrected chi connectivity index (χ0v) is 16.3. The molecule has 1 aliphatic rings. The average Bonchev–Trinajstić information content (AvgIpc) is 2.69. The molecule has 2 heterocycles. The molecule has 6 nitrogen and oxygen atoms in total. The van der Waals surface area contributed by atoms with Crippen LogP contribution in [0.4, 0.5) is 10.3 Å². The molecule has 0 radical (unpaired) electrons. The van der Waals surface area contributed by atoms with Crippen LogP contribution in [0.5, 0.6) is 5.75 Å². The maximum absolute atomic E-state index is 13.9. The van der Waals surface area contributed by atoms with E-state index in [0.717, 1.165) is 62.3 Å². The summed E-state index contributed by atoms with van der Waals surface area (Å²) in [6, 6.07) is 5.51. The molecular formula is C20H28FN5O. The first-order valence-electron chi connectivity index (χ1n) is 9.66. The lowest BCUT2D eigenvalue weighted by molar-refractivity contribution is 0.210. The van der Waals surface area contributed by atoms with Crippen LogP contribution in [-0.4, -0.2) is 46.3 Å². The maximum atomic E-state index is 13.9. The van der Waals surface area contributed by atoms with Gasteiger partial charge in [-0.1, -0.05) is 19.9 Å². The molecule has 146 valence electrons. The van der Waals surface area contributed by atoms with Crippen LogP contribution in [0.25, 0.3) is 0 Å². The highest BCUT2D eigenvalue weighted by Crippen LogP contribution is 2.21. The molecule has 0 saturated carbocycles. The van der Waals surface area contributed by atoms with Crippen molar-refractivity contribution in [3.05, 3.63) is 41.0 Å². The summed E-state index contributed by atoms with van der Waals surface area (Å²) in [7, 11) is 1.48. The van der Waals surface area contributed by atoms with Gasteiger partial charge >= 0.3 is 0 Å². The lowest BCUT2D eigenvalue weighted by atomic mass is 10.0. The summed E-state index contributed by atoms with van der Waals surface area (Å²) >= 11 is 0. The van der Waals surface area contributed by atoms with Crippen molar-refractivity contribution in [2.24, 2.45) is 0 Å². The third kappa shape index (κ3) is 4.91. The number of piperidine rings is 1. The van der Waals surface area contributed by atoms with Crippen molar-refractivity contribution >= 4 is 5.95 Å². The summed E-state index contributed by atoms with van der Waals surface area (Å²) in [5.41, 5.74) is 2.97. The molecule has 1 fully saturated rings. The number of ether oxygens (including phenoxy) is 1. The van der Waals surface area contributed by atoms with Gasteiger partial charge < -0.3 is 10.1 Å². The normalized spacial score (nSPS) is 15.7. The first kappa shape index (κ1) is 19.5. The van der Waals surface area contributed by atoms with Crippen LogP contribution in [0.3, 0.4) is 0 Å². The van der Waals surface area contributed by atoms with Gasteiger partial charge in [-0.2, -0.15) is 5.10 Å². The van der Waals surface area contributed by atoms with Crippen LogP contribution in [0.1, 0.15) is 43.6 Å². The predicted octanol–water partition coefficient (Wildman–Crippen LogP) is 3.22. The van der Waals surface area contributed by atoms with Crippen LogP contribution in [-0.2, 0) is 19.4 Å². The van der Waals surface area contributed by atoms with E-state index < -0.39 is 0 Å². The molecule has 1 aliphatic heterocycles. The molecule has 2 aromatic rings. The SMILES string of the molecule is CCc1nnc(NC2CCN(Cc3ccc(OC)c(F)c3)CC2)nc1CC. The van der Waals surface area contributed by atoms with Gasteiger partial charge in [0.2, 0.25) is 5.95 Å². The van der Waals surface area contributed by atoms with Crippen LogP contribution in [0.15, 0.2) is 18.2 Å². The Hall–Kier alpha value is -2.28. The fraction of sp³-hybridized carbons (Fsp3) is 0.550. The minimum atomic E-state index is -0.307. The molecule has 0 bridgehead atoms.